The van der Waals surface area contributed by atoms with E-state index in [4.69, 9.17) is 20.4 Å². The third kappa shape index (κ3) is 8.41. The molecule has 15 nitrogen and oxygen atoms in total. The summed E-state index contributed by atoms with van der Waals surface area (Å²) in [7, 11) is 0. The Labute approximate surface area is 371 Å². The van der Waals surface area contributed by atoms with Crippen molar-refractivity contribution in [3.05, 3.63) is 81.5 Å². The van der Waals surface area contributed by atoms with Gasteiger partial charge in [0.15, 0.2) is 11.6 Å². The summed E-state index contributed by atoms with van der Waals surface area (Å²) >= 11 is 1.78. The molecule has 0 saturated carbocycles. The Morgan fingerprint density at radius 3 is 2.30 bits per heavy atom. The lowest BCUT2D eigenvalue weighted by atomic mass is 9.71. The van der Waals surface area contributed by atoms with Crippen LogP contribution >= 0.6 is 11.3 Å². The molecule has 5 aliphatic rings. The van der Waals surface area contributed by atoms with Crippen LogP contribution < -0.4 is 10.6 Å². The van der Waals surface area contributed by atoms with E-state index in [1.165, 1.54) is 16.5 Å². The Balaban J connectivity index is 0.694. The highest BCUT2D eigenvalue weighted by Crippen LogP contribution is 2.43. The number of thiophene rings is 1. The number of aromatic nitrogens is 4. The van der Waals surface area contributed by atoms with Gasteiger partial charge >= 0.3 is 0 Å². The molecule has 8 heterocycles. The first-order valence-corrected chi connectivity index (χ1v) is 23.2. The summed E-state index contributed by atoms with van der Waals surface area (Å²) in [4.78, 5) is 58.0. The zero-order valence-corrected chi connectivity index (χ0v) is 36.9. The van der Waals surface area contributed by atoms with Crippen LogP contribution in [0.4, 0.5) is 11.8 Å². The molecule has 0 atom stereocenters. The number of nitrogens with zero attached hydrogens (tertiary/aromatic N) is 9. The van der Waals surface area contributed by atoms with Crippen molar-refractivity contribution in [2.24, 2.45) is 11.3 Å². The quantitative estimate of drug-likeness (QED) is 0.167. The van der Waals surface area contributed by atoms with Crippen molar-refractivity contribution in [1.82, 2.24) is 39.5 Å². The summed E-state index contributed by atoms with van der Waals surface area (Å²) in [5.41, 5.74) is 12.0. The van der Waals surface area contributed by atoms with Crippen LogP contribution in [0.25, 0.3) is 21.6 Å². The van der Waals surface area contributed by atoms with E-state index in [2.05, 4.69) is 53.8 Å². The van der Waals surface area contributed by atoms with E-state index in [0.29, 0.717) is 43.6 Å². The molecule has 1 spiro atoms. The first kappa shape index (κ1) is 41.6. The largest absolute Gasteiger partial charge is 0.508 e. The first-order chi connectivity index (χ1) is 30.5. The predicted molar refractivity (Wildman–Crippen MR) is 241 cm³/mol. The molecule has 5 aromatic rings. The van der Waals surface area contributed by atoms with Crippen molar-refractivity contribution < 1.29 is 24.5 Å². The number of ether oxygens (including phenoxy) is 1. The number of hydrogen-bond acceptors (Lipinski definition) is 14. The number of carbonyl (C=O) groups is 2. The third-order valence-electron chi connectivity index (χ3n) is 13.9. The maximum absolute atomic E-state index is 13.7. The van der Waals surface area contributed by atoms with Crippen LogP contribution in [0.3, 0.4) is 0 Å². The van der Waals surface area contributed by atoms with Crippen LogP contribution in [0.2, 0.25) is 0 Å². The normalized spacial score (nSPS) is 19.6. The van der Waals surface area contributed by atoms with E-state index in [1.54, 1.807) is 34.7 Å². The second-order valence-electron chi connectivity index (χ2n) is 18.6. The van der Waals surface area contributed by atoms with Gasteiger partial charge in [-0.3, -0.25) is 19.4 Å². The van der Waals surface area contributed by atoms with Crippen LogP contribution in [-0.2, 0) is 35.7 Å². The number of fused-ring (bicyclic) bond motifs is 2. The van der Waals surface area contributed by atoms with Crippen molar-refractivity contribution in [2.45, 2.75) is 71.6 Å². The van der Waals surface area contributed by atoms with Gasteiger partial charge in [-0.2, -0.15) is 0 Å². The fourth-order valence-corrected chi connectivity index (χ4v) is 11.4. The van der Waals surface area contributed by atoms with Crippen molar-refractivity contribution in [2.75, 3.05) is 76.2 Å². The van der Waals surface area contributed by atoms with E-state index in [-0.39, 0.29) is 46.2 Å². The fourth-order valence-electron chi connectivity index (χ4n) is 10.2. The Bertz CT molecular complexity index is 2520. The zero-order chi connectivity index (χ0) is 43.4. The van der Waals surface area contributed by atoms with Gasteiger partial charge in [-0.05, 0) is 92.2 Å². The minimum atomic E-state index is -0.238. The molecule has 3 aromatic heterocycles. The number of phenols is 2. The molecule has 4 N–H and O–H groups in total. The van der Waals surface area contributed by atoms with E-state index in [1.807, 2.05) is 13.8 Å². The molecule has 0 radical (unpaired) electrons. The van der Waals surface area contributed by atoms with Gasteiger partial charge in [-0.1, -0.05) is 32.0 Å². The summed E-state index contributed by atoms with van der Waals surface area (Å²) in [6.07, 6.45) is 7.31. The SMILES string of the molecule is CC(C)c1cc(C(=O)N2Cc3ccc(CN4CCC(C(=O)N5CC6(CCN(Cc7cc8nc(-c9cnc(N)nc9)nc(N9CCOCC9)c8s7)CC6)C5)CC4)cc3C2)c(O)cc1O. The molecule has 4 saturated heterocycles. The fraction of sp³-hybridized carbons (Fsp3) is 0.489. The highest BCUT2D eigenvalue weighted by molar-refractivity contribution is 7.19. The molecule has 2 amide bonds. The molecule has 16 heteroatoms. The molecule has 10 rings (SSSR count). The van der Waals surface area contributed by atoms with Gasteiger partial charge < -0.3 is 35.4 Å². The molecule has 4 fully saturated rings. The Kier molecular flexibility index (Phi) is 11.2. The molecule has 2 aromatic carbocycles. The summed E-state index contributed by atoms with van der Waals surface area (Å²) in [5.74, 6) is 1.75. The van der Waals surface area contributed by atoms with E-state index >= 15 is 0 Å². The Morgan fingerprint density at radius 2 is 1.57 bits per heavy atom. The molecule has 330 valence electrons. The number of morpholine rings is 1. The van der Waals surface area contributed by atoms with Crippen molar-refractivity contribution in [3.63, 3.8) is 0 Å². The number of hydrogen-bond donors (Lipinski definition) is 3. The van der Waals surface area contributed by atoms with Crippen LogP contribution in [0, 0.1) is 11.3 Å². The van der Waals surface area contributed by atoms with E-state index < -0.39 is 0 Å². The number of likely N-dealkylation sites (tertiary alicyclic amines) is 3. The molecule has 0 bridgehead atoms. The Morgan fingerprint density at radius 1 is 0.857 bits per heavy atom. The minimum absolute atomic E-state index is 0.00179. The lowest BCUT2D eigenvalue weighted by molar-refractivity contribution is -0.153. The molecule has 0 aliphatic carbocycles. The number of nitrogens with two attached hydrogens (primary N) is 1. The second kappa shape index (κ2) is 16.9. The predicted octanol–water partition coefficient (Wildman–Crippen LogP) is 5.59. The maximum Gasteiger partial charge on any atom is 0.258 e. The smallest absolute Gasteiger partial charge is 0.258 e. The van der Waals surface area contributed by atoms with Crippen LogP contribution in [0.1, 0.15) is 82.9 Å². The summed E-state index contributed by atoms with van der Waals surface area (Å²) in [5, 5.41) is 20.8. The number of aromatic hydroxyl groups is 2. The van der Waals surface area contributed by atoms with E-state index in [9.17, 15) is 19.8 Å². The van der Waals surface area contributed by atoms with Gasteiger partial charge in [-0.15, -0.1) is 11.3 Å². The standard InChI is InChI=1S/C47H56N10O5S/c1-29(2)36-19-37(40(59)20-39(36)58)45(61)56-24-32-4-3-30(17-33(32)25-56)23-53-9-5-31(6-10-53)44(60)57-27-47(28-57)7-11-54(12-8-47)26-35-18-38-41(63-35)43(55-13-15-62-16-14-55)52-42(51-38)34-21-49-46(48)50-22-34/h3-4,17-22,29,31,58-59H,5-16,23-28H2,1-2H3,(H2,48,49,50). The molecular formula is C47H56N10O5S. The van der Waals surface area contributed by atoms with Gasteiger partial charge in [-0.25, -0.2) is 19.9 Å². The monoisotopic (exact) mass is 872 g/mol. The number of benzene rings is 2. The van der Waals surface area contributed by atoms with Crippen molar-refractivity contribution in [1.29, 1.82) is 0 Å². The average Bonchev–Trinajstić information content (AvgIpc) is 3.90. The summed E-state index contributed by atoms with van der Waals surface area (Å²) in [6.45, 7) is 15.0. The number of nitrogen functional groups attached to an aromatic ring is 1. The summed E-state index contributed by atoms with van der Waals surface area (Å²) in [6, 6.07) is 11.6. The summed E-state index contributed by atoms with van der Waals surface area (Å²) < 4.78 is 6.74. The topological polar surface area (TPSA) is 178 Å². The van der Waals surface area contributed by atoms with Crippen LogP contribution in [0.15, 0.2) is 48.8 Å². The van der Waals surface area contributed by atoms with Crippen LogP contribution in [0.5, 0.6) is 11.5 Å². The van der Waals surface area contributed by atoms with Gasteiger partial charge in [0, 0.05) is 87.0 Å². The average molecular weight is 873 g/mol. The molecule has 5 aliphatic heterocycles. The highest BCUT2D eigenvalue weighted by Gasteiger charge is 2.48. The lowest BCUT2D eigenvalue weighted by Crippen LogP contribution is -2.63. The second-order valence-corrected chi connectivity index (χ2v) is 19.7. The van der Waals surface area contributed by atoms with Crippen LogP contribution in [-0.4, -0.2) is 127 Å². The Hall–Kier alpha value is -5.42. The lowest BCUT2D eigenvalue weighted by Gasteiger charge is -2.55. The number of amides is 2. The van der Waals surface area contributed by atoms with E-state index in [0.717, 1.165) is 124 Å². The van der Waals surface area contributed by atoms with Crippen molar-refractivity contribution >= 4 is 45.1 Å². The molecule has 0 unspecified atom stereocenters. The zero-order valence-electron chi connectivity index (χ0n) is 36.1. The maximum atomic E-state index is 13.7. The van der Waals surface area contributed by atoms with Gasteiger partial charge in [0.05, 0.1) is 34.6 Å². The van der Waals surface area contributed by atoms with Gasteiger partial charge in [0.1, 0.15) is 11.5 Å². The number of piperidine rings is 2. The number of phenolic OH excluding ortho intramolecular Hbond substituents is 2. The number of carbonyl (C=O) groups excluding carboxylic acids is 2. The van der Waals surface area contributed by atoms with Gasteiger partial charge in [0.25, 0.3) is 5.91 Å². The third-order valence-corrected chi connectivity index (χ3v) is 15.0. The van der Waals surface area contributed by atoms with Crippen molar-refractivity contribution in [3.8, 4) is 22.9 Å². The first-order valence-electron chi connectivity index (χ1n) is 22.4. The highest BCUT2D eigenvalue weighted by atomic mass is 32.1. The van der Waals surface area contributed by atoms with Gasteiger partial charge in [0.2, 0.25) is 11.9 Å². The number of rotatable bonds is 9. The number of anilines is 2. The molecular weight excluding hydrogens is 817 g/mol. The molecule has 63 heavy (non-hydrogen) atoms. The minimum Gasteiger partial charge on any atom is -0.508 e.